The third-order valence-corrected chi connectivity index (χ3v) is 3.04. The lowest BCUT2D eigenvalue weighted by Crippen LogP contribution is -2.57. The van der Waals surface area contributed by atoms with Crippen LogP contribution in [0.3, 0.4) is 0 Å². The average Bonchev–Trinajstić information content (AvgIpc) is 2.14. The van der Waals surface area contributed by atoms with Gasteiger partial charge in [-0.05, 0) is 6.07 Å². The van der Waals surface area contributed by atoms with Crippen molar-refractivity contribution in [2.75, 3.05) is 14.1 Å². The Morgan fingerprint density at radius 2 is 1.88 bits per heavy atom. The number of rotatable bonds is 3. The predicted molar refractivity (Wildman–Crippen MR) is 62.6 cm³/mol. The van der Waals surface area contributed by atoms with Crippen LogP contribution in [-0.2, 0) is 10.1 Å². The Hall–Kier alpha value is -1.64. The maximum Gasteiger partial charge on any atom is 0.356 e. The number of nitrogens with one attached hydrogen (secondary N) is 1. The first-order valence-corrected chi connectivity index (χ1v) is 6.07. The Balaban J connectivity index is 3.37. The molecule has 0 atom stereocenters. The number of quaternary nitrogens is 1. The van der Waals surface area contributed by atoms with Crippen molar-refractivity contribution in [1.29, 1.82) is 0 Å². The number of hydrogen-bond acceptors (Lipinski definition) is 3. The van der Waals surface area contributed by atoms with E-state index in [0.717, 1.165) is 0 Å². The summed E-state index contributed by atoms with van der Waals surface area (Å²) >= 11 is 0. The summed E-state index contributed by atoms with van der Waals surface area (Å²) in [5.41, 5.74) is 7.55. The molecule has 0 fully saturated rings. The molecule has 4 N–H and O–H groups in total. The fraction of sp³-hybridized carbons (Fsp3) is 0.222. The van der Waals surface area contributed by atoms with E-state index in [-0.39, 0.29) is 15.2 Å². The van der Waals surface area contributed by atoms with Crippen molar-refractivity contribution in [3.05, 3.63) is 24.3 Å². The molecule has 1 rings (SSSR count). The number of primary amides is 1. The first-order valence-electron chi connectivity index (χ1n) is 4.63. The second kappa shape index (κ2) is 4.32. The zero-order chi connectivity index (χ0) is 13.3. The van der Waals surface area contributed by atoms with Crippen molar-refractivity contribution in [1.82, 2.24) is 10.0 Å². The summed E-state index contributed by atoms with van der Waals surface area (Å²) in [6, 6.07) is 4.97. The van der Waals surface area contributed by atoms with Gasteiger partial charge in [0.15, 0.2) is 10.6 Å². The molecule has 0 saturated carbocycles. The van der Waals surface area contributed by atoms with E-state index >= 15 is 0 Å². The van der Waals surface area contributed by atoms with Gasteiger partial charge in [-0.15, -0.1) is 0 Å². The van der Waals surface area contributed by atoms with Crippen molar-refractivity contribution in [3.63, 3.8) is 0 Å². The summed E-state index contributed by atoms with van der Waals surface area (Å²) in [6.45, 7) is 0. The number of nitrogens with two attached hydrogens (primary N) is 1. The standard InChI is InChI=1S/C9H13N3O4S/c1-12(2,11-9(10)13)7-5-3-4-6-8(7)17(14,15)16/h3-6H,1-2H3,(H3-,10,11,13,14,15,16)/p+1. The molecular formula is C9H14N3O4S+. The molecule has 17 heavy (non-hydrogen) atoms. The summed E-state index contributed by atoms with van der Waals surface area (Å²) in [7, 11) is -1.31. The number of hydrogen-bond donors (Lipinski definition) is 3. The Kier molecular flexibility index (Phi) is 3.41. The minimum Gasteiger partial charge on any atom is -0.348 e. The molecule has 0 aliphatic carbocycles. The van der Waals surface area contributed by atoms with Crippen LogP contribution in [0.15, 0.2) is 29.2 Å². The van der Waals surface area contributed by atoms with Crippen molar-refractivity contribution in [2.24, 2.45) is 5.73 Å². The fourth-order valence-electron chi connectivity index (χ4n) is 1.47. The van der Waals surface area contributed by atoms with E-state index in [1.54, 1.807) is 6.07 Å². The van der Waals surface area contributed by atoms with Crippen molar-refractivity contribution in [3.8, 4) is 0 Å². The zero-order valence-corrected chi connectivity index (χ0v) is 10.2. The first-order chi connectivity index (χ1) is 7.64. The van der Waals surface area contributed by atoms with Crippen LogP contribution in [0.1, 0.15) is 0 Å². The Labute approximate surface area is 99.1 Å². The van der Waals surface area contributed by atoms with Crippen LogP contribution < -0.4 is 15.8 Å². The smallest absolute Gasteiger partial charge is 0.348 e. The minimum atomic E-state index is -4.36. The second-order valence-corrected chi connectivity index (χ2v) is 5.26. The molecule has 0 aromatic heterocycles. The maximum absolute atomic E-state index is 11.2. The topological polar surface area (TPSA) is 109 Å². The molecule has 7 nitrogen and oxygen atoms in total. The van der Waals surface area contributed by atoms with E-state index in [2.05, 4.69) is 5.43 Å². The van der Waals surface area contributed by atoms with E-state index in [1.165, 1.54) is 32.3 Å². The number of amides is 2. The van der Waals surface area contributed by atoms with Gasteiger partial charge in [0.25, 0.3) is 0 Å². The van der Waals surface area contributed by atoms with Crippen LogP contribution in [0.2, 0.25) is 0 Å². The summed E-state index contributed by atoms with van der Waals surface area (Å²) in [5, 5.41) is 0. The van der Waals surface area contributed by atoms with E-state index in [9.17, 15) is 13.2 Å². The van der Waals surface area contributed by atoms with Crippen LogP contribution >= 0.6 is 0 Å². The molecule has 0 aliphatic rings. The quantitative estimate of drug-likeness (QED) is 0.406. The third-order valence-electron chi connectivity index (χ3n) is 2.14. The molecule has 0 aliphatic heterocycles. The van der Waals surface area contributed by atoms with Gasteiger partial charge in [-0.25, -0.2) is 4.79 Å². The van der Waals surface area contributed by atoms with Gasteiger partial charge in [-0.2, -0.15) is 18.4 Å². The lowest BCUT2D eigenvalue weighted by atomic mass is 10.3. The van der Waals surface area contributed by atoms with Gasteiger partial charge in [-0.3, -0.25) is 4.55 Å². The van der Waals surface area contributed by atoms with Gasteiger partial charge >= 0.3 is 16.1 Å². The summed E-state index contributed by atoms with van der Waals surface area (Å²) in [5.74, 6) is 0. The normalized spacial score (nSPS) is 12.2. The molecule has 2 amide bonds. The van der Waals surface area contributed by atoms with Gasteiger partial charge in [0, 0.05) is 6.07 Å². The largest absolute Gasteiger partial charge is 0.356 e. The molecule has 0 unspecified atom stereocenters. The molecule has 1 aromatic carbocycles. The SMILES string of the molecule is C[N+](C)(NC(N)=O)c1ccccc1S(=O)(=O)O. The van der Waals surface area contributed by atoms with Gasteiger partial charge in [-0.1, -0.05) is 12.1 Å². The lowest BCUT2D eigenvalue weighted by Gasteiger charge is -2.28. The summed E-state index contributed by atoms with van der Waals surface area (Å²) in [6.07, 6.45) is 0. The van der Waals surface area contributed by atoms with Crippen LogP contribution in [0.5, 0.6) is 0 Å². The highest BCUT2D eigenvalue weighted by atomic mass is 32.2. The van der Waals surface area contributed by atoms with Crippen LogP contribution in [0.25, 0.3) is 0 Å². The number of benzene rings is 1. The van der Waals surface area contributed by atoms with E-state index in [1.807, 2.05) is 0 Å². The van der Waals surface area contributed by atoms with Crippen LogP contribution in [-0.4, -0.2) is 33.1 Å². The Morgan fingerprint density at radius 3 is 2.35 bits per heavy atom. The van der Waals surface area contributed by atoms with Gasteiger partial charge in [0.1, 0.15) is 0 Å². The number of para-hydroxylation sites is 1. The molecule has 0 spiro atoms. The highest BCUT2D eigenvalue weighted by molar-refractivity contribution is 7.86. The molecular weight excluding hydrogens is 246 g/mol. The molecule has 94 valence electrons. The second-order valence-electron chi connectivity index (χ2n) is 3.87. The van der Waals surface area contributed by atoms with E-state index in [0.29, 0.717) is 0 Å². The molecule has 0 radical (unpaired) electrons. The van der Waals surface area contributed by atoms with Crippen LogP contribution in [0, 0.1) is 0 Å². The molecule has 0 bridgehead atoms. The molecule has 0 saturated heterocycles. The van der Waals surface area contributed by atoms with E-state index < -0.39 is 16.1 Å². The Morgan fingerprint density at radius 1 is 1.35 bits per heavy atom. The molecule has 0 heterocycles. The minimum absolute atomic E-state index is 0.203. The number of carbonyl (C=O) groups is 1. The summed E-state index contributed by atoms with van der Waals surface area (Å²) < 4.78 is 31.2. The number of carbonyl (C=O) groups excluding carboxylic acids is 1. The number of nitrogens with zero attached hydrogens (tertiary/aromatic N) is 1. The van der Waals surface area contributed by atoms with Gasteiger partial charge in [0.2, 0.25) is 0 Å². The fourth-order valence-corrected chi connectivity index (χ4v) is 2.28. The average molecular weight is 260 g/mol. The maximum atomic E-state index is 11.2. The lowest BCUT2D eigenvalue weighted by molar-refractivity contribution is 0.220. The van der Waals surface area contributed by atoms with E-state index in [4.69, 9.17) is 10.3 Å². The van der Waals surface area contributed by atoms with Crippen LogP contribution in [0.4, 0.5) is 10.5 Å². The van der Waals surface area contributed by atoms with Crippen molar-refractivity contribution >= 4 is 21.8 Å². The third kappa shape index (κ3) is 3.16. The van der Waals surface area contributed by atoms with Crippen molar-refractivity contribution < 1.29 is 17.8 Å². The first kappa shape index (κ1) is 13.4. The molecule has 1 aromatic rings. The monoisotopic (exact) mass is 260 g/mol. The Bertz CT molecular complexity index is 539. The van der Waals surface area contributed by atoms with Gasteiger partial charge < -0.3 is 5.73 Å². The number of urea groups is 1. The highest BCUT2D eigenvalue weighted by Crippen LogP contribution is 2.26. The highest BCUT2D eigenvalue weighted by Gasteiger charge is 2.29. The van der Waals surface area contributed by atoms with Crippen molar-refractivity contribution in [2.45, 2.75) is 4.90 Å². The summed E-state index contributed by atoms with van der Waals surface area (Å²) in [4.78, 5) is 10.6. The van der Waals surface area contributed by atoms with Gasteiger partial charge in [0.05, 0.1) is 14.1 Å². The molecule has 8 heteroatoms. The predicted octanol–water partition coefficient (Wildman–Crippen LogP) is 0.0835. The zero-order valence-electron chi connectivity index (χ0n) is 9.41.